The Morgan fingerprint density at radius 2 is 1.61 bits per heavy atom. The van der Waals surface area contributed by atoms with Crippen molar-refractivity contribution in [1.29, 1.82) is 0 Å². The highest BCUT2D eigenvalue weighted by Gasteiger charge is 2.40. The van der Waals surface area contributed by atoms with Crippen LogP contribution in [-0.2, 0) is 21.0 Å². The maximum Gasteiger partial charge on any atom is 0.397 e. The minimum absolute atomic E-state index is 0.0308. The molecule has 0 aliphatic heterocycles. The van der Waals surface area contributed by atoms with Gasteiger partial charge in [-0.2, -0.15) is 8.42 Å². The molecule has 1 aliphatic carbocycles. The molecule has 0 aromatic heterocycles. The van der Waals surface area contributed by atoms with E-state index in [0.29, 0.717) is 6.42 Å². The third kappa shape index (κ3) is 4.71. The van der Waals surface area contributed by atoms with Crippen molar-refractivity contribution >= 4 is 69.8 Å². The van der Waals surface area contributed by atoms with E-state index in [-0.39, 0.29) is 65.6 Å². The summed E-state index contributed by atoms with van der Waals surface area (Å²) in [6.45, 7) is 1.79. The van der Waals surface area contributed by atoms with Gasteiger partial charge in [0.05, 0.1) is 38.8 Å². The zero-order valence-electron chi connectivity index (χ0n) is 17.1. The van der Waals surface area contributed by atoms with E-state index in [1.165, 1.54) is 13.2 Å². The first-order valence-electron chi connectivity index (χ1n) is 9.41. The molecule has 0 spiro atoms. The highest BCUT2D eigenvalue weighted by Crippen LogP contribution is 2.50. The number of carbonyl (C=O) groups is 2. The molecule has 1 atom stereocenters. The van der Waals surface area contributed by atoms with Crippen LogP contribution in [0, 0.1) is 0 Å². The summed E-state index contributed by atoms with van der Waals surface area (Å²) >= 11 is 9.51. The van der Waals surface area contributed by atoms with Crippen LogP contribution in [0.25, 0.3) is 0 Å². The Bertz CT molecular complexity index is 1290. The summed E-state index contributed by atoms with van der Waals surface area (Å²) in [6, 6.07) is 1.34. The molecule has 1 aliphatic rings. The summed E-state index contributed by atoms with van der Waals surface area (Å²) < 4.78 is 41.5. The molecular formula is C20H17Br3O9S. The fourth-order valence-electron chi connectivity index (χ4n) is 3.72. The quantitative estimate of drug-likeness (QED) is 0.304. The lowest BCUT2D eigenvalue weighted by Gasteiger charge is -2.25. The van der Waals surface area contributed by atoms with Gasteiger partial charge < -0.3 is 14.9 Å². The highest BCUT2D eigenvalue weighted by molar-refractivity contribution is 9.11. The van der Waals surface area contributed by atoms with Crippen LogP contribution in [0.15, 0.2) is 19.5 Å². The lowest BCUT2D eigenvalue weighted by Crippen LogP contribution is -2.25. The van der Waals surface area contributed by atoms with E-state index in [1.54, 1.807) is 6.92 Å². The average molecular weight is 673 g/mol. The fraction of sp³-hybridized carbons (Fsp3) is 0.300. The van der Waals surface area contributed by atoms with E-state index in [2.05, 4.69) is 47.8 Å². The number of methoxy groups -OCH3 is 1. The summed E-state index contributed by atoms with van der Waals surface area (Å²) in [7, 11) is -3.47. The molecule has 13 heteroatoms. The topological polar surface area (TPSA) is 147 Å². The number of hydrogen-bond acceptors (Lipinski definition) is 8. The lowest BCUT2D eigenvalue weighted by atomic mass is 9.81. The van der Waals surface area contributed by atoms with Crippen molar-refractivity contribution in [2.24, 2.45) is 0 Å². The molecule has 0 heterocycles. The van der Waals surface area contributed by atoms with E-state index < -0.39 is 33.8 Å². The monoisotopic (exact) mass is 670 g/mol. The van der Waals surface area contributed by atoms with Crippen LogP contribution in [0.4, 0.5) is 0 Å². The van der Waals surface area contributed by atoms with Crippen molar-refractivity contribution in [3.05, 3.63) is 47.3 Å². The first-order chi connectivity index (χ1) is 15.3. The third-order valence-corrected chi connectivity index (χ3v) is 7.98. The Morgan fingerprint density at radius 1 is 0.970 bits per heavy atom. The van der Waals surface area contributed by atoms with E-state index in [4.69, 9.17) is 13.5 Å². The smallest absolute Gasteiger partial charge is 0.397 e. The van der Waals surface area contributed by atoms with Crippen molar-refractivity contribution in [2.75, 3.05) is 7.11 Å². The molecule has 0 amide bonds. The SMILES string of the molecule is CCC[C@H](Cc1cc2c(c(O)c1Br)C(=O)c1c(OC)c(Br)c(O)c(Br)c1C2=O)OS(=O)(=O)O. The van der Waals surface area contributed by atoms with Crippen molar-refractivity contribution < 1.29 is 41.7 Å². The van der Waals surface area contributed by atoms with Gasteiger partial charge in [0.25, 0.3) is 0 Å². The number of phenols is 2. The van der Waals surface area contributed by atoms with Crippen molar-refractivity contribution in [1.82, 2.24) is 0 Å². The molecule has 33 heavy (non-hydrogen) atoms. The summed E-state index contributed by atoms with van der Waals surface area (Å²) in [6.07, 6.45) is -0.295. The molecular weight excluding hydrogens is 656 g/mol. The van der Waals surface area contributed by atoms with Crippen molar-refractivity contribution in [3.63, 3.8) is 0 Å². The van der Waals surface area contributed by atoms with Gasteiger partial charge in [0, 0.05) is 12.0 Å². The van der Waals surface area contributed by atoms with Gasteiger partial charge in [0.1, 0.15) is 21.7 Å². The Kier molecular flexibility index (Phi) is 7.61. The van der Waals surface area contributed by atoms with Crippen LogP contribution in [0.2, 0.25) is 0 Å². The van der Waals surface area contributed by atoms with Gasteiger partial charge in [-0.15, -0.1) is 0 Å². The predicted octanol–water partition coefficient (Wildman–Crippen LogP) is 4.70. The van der Waals surface area contributed by atoms with Gasteiger partial charge in [-0.05, 0) is 65.8 Å². The fourth-order valence-corrected chi connectivity index (χ4v) is 6.10. The predicted molar refractivity (Wildman–Crippen MR) is 128 cm³/mol. The van der Waals surface area contributed by atoms with Crippen LogP contribution in [0.1, 0.15) is 57.2 Å². The zero-order valence-corrected chi connectivity index (χ0v) is 22.7. The number of ether oxygens (including phenoxy) is 1. The Labute approximate surface area is 214 Å². The minimum atomic E-state index is -4.74. The second-order valence-electron chi connectivity index (χ2n) is 7.18. The maximum atomic E-state index is 13.4. The largest absolute Gasteiger partial charge is 0.506 e. The summed E-state index contributed by atoms with van der Waals surface area (Å²) in [4.78, 5) is 26.8. The Hall–Kier alpha value is -1.51. The van der Waals surface area contributed by atoms with Crippen LogP contribution >= 0.6 is 47.8 Å². The molecule has 0 unspecified atom stereocenters. The highest BCUT2D eigenvalue weighted by atomic mass is 79.9. The number of aromatic hydroxyl groups is 2. The number of halogens is 3. The molecule has 0 bridgehead atoms. The van der Waals surface area contributed by atoms with Gasteiger partial charge in [0.15, 0.2) is 5.78 Å². The minimum Gasteiger partial charge on any atom is -0.506 e. The molecule has 3 N–H and O–H groups in total. The molecule has 2 aromatic rings. The zero-order chi connectivity index (χ0) is 24.8. The summed E-state index contributed by atoms with van der Waals surface area (Å²) in [5.74, 6) is -2.31. The van der Waals surface area contributed by atoms with Crippen LogP contribution < -0.4 is 4.74 Å². The van der Waals surface area contributed by atoms with Gasteiger partial charge in [-0.3, -0.25) is 14.1 Å². The van der Waals surface area contributed by atoms with E-state index in [1.807, 2.05) is 0 Å². The number of carbonyl (C=O) groups excluding carboxylic acids is 2. The third-order valence-electron chi connectivity index (χ3n) is 5.07. The van der Waals surface area contributed by atoms with E-state index in [0.717, 1.165) is 0 Å². The van der Waals surface area contributed by atoms with Crippen LogP contribution in [-0.4, -0.2) is 48.0 Å². The lowest BCUT2D eigenvalue weighted by molar-refractivity contribution is 0.0972. The number of benzene rings is 2. The second-order valence-corrected chi connectivity index (χ2v) is 10.6. The van der Waals surface area contributed by atoms with Crippen molar-refractivity contribution in [3.8, 4) is 17.2 Å². The van der Waals surface area contributed by atoms with Gasteiger partial charge in [-0.25, -0.2) is 4.18 Å². The number of rotatable bonds is 7. The van der Waals surface area contributed by atoms with Crippen LogP contribution in [0.5, 0.6) is 17.2 Å². The molecule has 9 nitrogen and oxygen atoms in total. The van der Waals surface area contributed by atoms with Crippen molar-refractivity contribution in [2.45, 2.75) is 32.3 Å². The second kappa shape index (κ2) is 9.62. The number of ketones is 2. The molecule has 2 aromatic carbocycles. The molecule has 0 saturated carbocycles. The van der Waals surface area contributed by atoms with Gasteiger partial charge >= 0.3 is 10.4 Å². The maximum absolute atomic E-state index is 13.4. The summed E-state index contributed by atoms with van der Waals surface area (Å²) in [5, 5.41) is 21.2. The van der Waals surface area contributed by atoms with Gasteiger partial charge in [-0.1, -0.05) is 13.3 Å². The molecule has 3 rings (SSSR count). The molecule has 0 saturated heterocycles. The standard InChI is InChI=1S/C20H17Br3O9S/c1-3-4-8(32-33(28,29)30)5-7-6-9-10(18(26)13(7)21)17(25)12-11(16(9)24)14(22)19(27)15(23)20(12)31-2/h6,8,26-27H,3-5H2,1-2H3,(H,28,29,30)/t8-/m1/s1. The van der Waals surface area contributed by atoms with Gasteiger partial charge in [0.2, 0.25) is 5.78 Å². The Morgan fingerprint density at radius 3 is 2.15 bits per heavy atom. The normalized spacial score (nSPS) is 14.1. The first kappa shape index (κ1) is 26.1. The molecule has 0 radical (unpaired) electrons. The average Bonchev–Trinajstić information content (AvgIpc) is 2.72. The first-order valence-corrected chi connectivity index (χ1v) is 13.2. The molecule has 178 valence electrons. The number of fused-ring (bicyclic) bond motifs is 2. The molecule has 0 fully saturated rings. The van der Waals surface area contributed by atoms with Crippen LogP contribution in [0.3, 0.4) is 0 Å². The number of hydrogen-bond donors (Lipinski definition) is 3. The summed E-state index contributed by atoms with van der Waals surface area (Å²) in [5.41, 5.74) is -0.414. The van der Waals surface area contributed by atoms with E-state index in [9.17, 15) is 28.2 Å². The van der Waals surface area contributed by atoms with E-state index >= 15 is 0 Å². The number of phenolic OH excluding ortho intramolecular Hbond substituents is 2. The Balaban J connectivity index is 2.22.